The van der Waals surface area contributed by atoms with Crippen molar-refractivity contribution in [2.45, 2.75) is 63.6 Å². The Hall–Kier alpha value is -2.01. The number of aromatic nitrogens is 2. The van der Waals surface area contributed by atoms with Gasteiger partial charge in [0.2, 0.25) is 0 Å². The first kappa shape index (κ1) is 18.0. The smallest absolute Gasteiger partial charge is 0.0578 e. The third-order valence-corrected chi connectivity index (χ3v) is 6.76. The highest BCUT2D eigenvalue weighted by molar-refractivity contribution is 5.55. The molecule has 0 atom stereocenters. The molecule has 2 heterocycles. The van der Waals surface area contributed by atoms with Crippen molar-refractivity contribution in [3.05, 3.63) is 42.2 Å². The monoisotopic (exact) mass is 379 g/mol. The molecule has 0 radical (unpaired) electrons. The highest BCUT2D eigenvalue weighted by Crippen LogP contribution is 2.30. The highest BCUT2D eigenvalue weighted by atomic mass is 15.3. The van der Waals surface area contributed by atoms with Crippen molar-refractivity contribution < 1.29 is 0 Å². The van der Waals surface area contributed by atoms with Gasteiger partial charge in [-0.15, -0.1) is 0 Å². The van der Waals surface area contributed by atoms with Crippen LogP contribution in [-0.2, 0) is 6.54 Å². The lowest BCUT2D eigenvalue weighted by Crippen LogP contribution is -2.47. The lowest BCUT2D eigenvalue weighted by Gasteiger charge is -2.36. The molecule has 1 saturated heterocycles. The van der Waals surface area contributed by atoms with Crippen molar-refractivity contribution in [3.63, 3.8) is 0 Å². The minimum absolute atomic E-state index is 0.595. The molecule has 3 fully saturated rings. The molecule has 0 amide bonds. The van der Waals surface area contributed by atoms with Gasteiger partial charge in [-0.1, -0.05) is 19.3 Å². The van der Waals surface area contributed by atoms with Crippen LogP contribution in [0.2, 0.25) is 0 Å². The lowest BCUT2D eigenvalue weighted by atomic mass is 9.95. The molecular formula is C23H33N5. The molecule has 1 aromatic heterocycles. The van der Waals surface area contributed by atoms with Crippen LogP contribution in [0.4, 0.5) is 11.4 Å². The predicted octanol–water partition coefficient (Wildman–Crippen LogP) is 4.28. The summed E-state index contributed by atoms with van der Waals surface area (Å²) < 4.78 is 2.26. The third-order valence-electron chi connectivity index (χ3n) is 6.76. The minimum Gasteiger partial charge on any atom is -0.379 e. The summed E-state index contributed by atoms with van der Waals surface area (Å²) in [6.07, 6.45) is 11.4. The Kier molecular flexibility index (Phi) is 5.26. The molecule has 2 aliphatic carbocycles. The van der Waals surface area contributed by atoms with Crippen LogP contribution >= 0.6 is 0 Å². The Morgan fingerprint density at radius 2 is 1.57 bits per heavy atom. The van der Waals surface area contributed by atoms with Crippen molar-refractivity contribution in [3.8, 4) is 0 Å². The maximum absolute atomic E-state index is 4.62. The molecular weight excluding hydrogens is 346 g/mol. The van der Waals surface area contributed by atoms with E-state index in [4.69, 9.17) is 0 Å². The standard InChI is InChI=1S/C23H33N5/c1-2-4-22(5-3-1)28-23(12-13-25-28)18-24-19-6-8-20(9-7-19)26-14-16-27(17-15-26)21-10-11-21/h6-9,12-13,21-22,24H,1-5,10-11,14-18H2. The summed E-state index contributed by atoms with van der Waals surface area (Å²) in [4.78, 5) is 5.20. The van der Waals surface area contributed by atoms with Crippen LogP contribution in [0, 0.1) is 0 Å². The van der Waals surface area contributed by atoms with Crippen molar-refractivity contribution in [1.29, 1.82) is 0 Å². The van der Waals surface area contributed by atoms with Crippen molar-refractivity contribution in [2.75, 3.05) is 36.4 Å². The van der Waals surface area contributed by atoms with E-state index in [0.29, 0.717) is 6.04 Å². The first-order valence-electron chi connectivity index (χ1n) is 11.2. The van der Waals surface area contributed by atoms with Crippen molar-refractivity contribution >= 4 is 11.4 Å². The number of rotatable bonds is 6. The summed E-state index contributed by atoms with van der Waals surface area (Å²) in [7, 11) is 0. The van der Waals surface area contributed by atoms with Gasteiger partial charge in [-0.3, -0.25) is 9.58 Å². The van der Waals surface area contributed by atoms with Crippen LogP contribution in [0.15, 0.2) is 36.5 Å². The Bertz CT molecular complexity index is 750. The zero-order valence-corrected chi connectivity index (χ0v) is 16.9. The number of nitrogens with one attached hydrogen (secondary N) is 1. The quantitative estimate of drug-likeness (QED) is 0.812. The maximum Gasteiger partial charge on any atom is 0.0578 e. The van der Waals surface area contributed by atoms with Crippen LogP contribution in [0.1, 0.15) is 56.7 Å². The van der Waals surface area contributed by atoms with E-state index in [1.165, 1.54) is 75.1 Å². The van der Waals surface area contributed by atoms with E-state index in [9.17, 15) is 0 Å². The number of anilines is 2. The van der Waals surface area contributed by atoms with Gasteiger partial charge in [-0.2, -0.15) is 5.10 Å². The molecule has 2 aromatic rings. The van der Waals surface area contributed by atoms with Gasteiger partial charge in [0.15, 0.2) is 0 Å². The topological polar surface area (TPSA) is 36.3 Å². The van der Waals surface area contributed by atoms with Crippen LogP contribution in [0.25, 0.3) is 0 Å². The number of nitrogens with zero attached hydrogens (tertiary/aromatic N) is 4. The summed E-state index contributed by atoms with van der Waals surface area (Å²) in [6, 6.07) is 12.7. The van der Waals surface area contributed by atoms with Crippen molar-refractivity contribution in [1.82, 2.24) is 14.7 Å². The zero-order valence-electron chi connectivity index (χ0n) is 16.9. The van der Waals surface area contributed by atoms with Crippen LogP contribution < -0.4 is 10.2 Å². The van der Waals surface area contributed by atoms with E-state index in [-0.39, 0.29) is 0 Å². The molecule has 5 nitrogen and oxygen atoms in total. The van der Waals surface area contributed by atoms with Crippen LogP contribution in [-0.4, -0.2) is 46.9 Å². The molecule has 5 heteroatoms. The van der Waals surface area contributed by atoms with Gasteiger partial charge >= 0.3 is 0 Å². The number of benzene rings is 1. The van der Waals surface area contributed by atoms with E-state index in [1.807, 2.05) is 6.20 Å². The van der Waals surface area contributed by atoms with E-state index >= 15 is 0 Å². The van der Waals surface area contributed by atoms with Crippen LogP contribution in [0.3, 0.4) is 0 Å². The molecule has 5 rings (SSSR count). The maximum atomic E-state index is 4.62. The SMILES string of the molecule is c1cc(CNc2ccc(N3CCN(C4CC4)CC3)cc2)n(C2CCCCC2)n1. The molecule has 3 aliphatic rings. The molecule has 0 bridgehead atoms. The van der Waals surface area contributed by atoms with Crippen molar-refractivity contribution in [2.24, 2.45) is 0 Å². The molecule has 2 saturated carbocycles. The zero-order chi connectivity index (χ0) is 18.8. The molecule has 0 unspecified atom stereocenters. The number of piperazine rings is 1. The summed E-state index contributed by atoms with van der Waals surface area (Å²) in [5, 5.41) is 8.22. The first-order chi connectivity index (χ1) is 13.9. The number of hydrogen-bond donors (Lipinski definition) is 1. The largest absolute Gasteiger partial charge is 0.379 e. The third kappa shape index (κ3) is 4.04. The Labute approximate surface area is 168 Å². The first-order valence-corrected chi connectivity index (χ1v) is 11.2. The second-order valence-electron chi connectivity index (χ2n) is 8.71. The molecule has 28 heavy (non-hydrogen) atoms. The van der Waals surface area contributed by atoms with E-state index in [2.05, 4.69) is 55.2 Å². The number of hydrogen-bond acceptors (Lipinski definition) is 4. The molecule has 1 aliphatic heterocycles. The Balaban J connectivity index is 1.15. The highest BCUT2D eigenvalue weighted by Gasteiger charge is 2.31. The molecule has 1 aromatic carbocycles. The summed E-state index contributed by atoms with van der Waals surface area (Å²) in [6.45, 7) is 5.59. The molecule has 1 N–H and O–H groups in total. The van der Waals surface area contributed by atoms with E-state index in [0.717, 1.165) is 25.7 Å². The Morgan fingerprint density at radius 3 is 2.29 bits per heavy atom. The van der Waals surface area contributed by atoms with Gasteiger partial charge in [-0.25, -0.2) is 0 Å². The van der Waals surface area contributed by atoms with Crippen LogP contribution in [0.5, 0.6) is 0 Å². The summed E-state index contributed by atoms with van der Waals surface area (Å²) in [5.41, 5.74) is 3.84. The fourth-order valence-electron chi connectivity index (χ4n) is 4.90. The second-order valence-corrected chi connectivity index (χ2v) is 8.71. The normalized spacial score (nSPS) is 21.8. The predicted molar refractivity (Wildman–Crippen MR) is 115 cm³/mol. The van der Waals surface area contributed by atoms with Gasteiger partial charge in [0.05, 0.1) is 18.3 Å². The minimum atomic E-state index is 0.595. The fraction of sp³-hybridized carbons (Fsp3) is 0.609. The van der Waals surface area contributed by atoms with Gasteiger partial charge in [-0.05, 0) is 56.0 Å². The molecule has 150 valence electrons. The molecule has 0 spiro atoms. The fourth-order valence-corrected chi connectivity index (χ4v) is 4.90. The summed E-state index contributed by atoms with van der Waals surface area (Å²) in [5.74, 6) is 0. The van der Waals surface area contributed by atoms with E-state index < -0.39 is 0 Å². The van der Waals surface area contributed by atoms with Gasteiger partial charge in [0.25, 0.3) is 0 Å². The Morgan fingerprint density at radius 1 is 0.821 bits per heavy atom. The van der Waals surface area contributed by atoms with Gasteiger partial charge in [0.1, 0.15) is 0 Å². The summed E-state index contributed by atoms with van der Waals surface area (Å²) >= 11 is 0. The van der Waals surface area contributed by atoms with Gasteiger partial charge in [0, 0.05) is 49.8 Å². The van der Waals surface area contributed by atoms with E-state index in [1.54, 1.807) is 0 Å². The van der Waals surface area contributed by atoms with Gasteiger partial charge < -0.3 is 10.2 Å². The lowest BCUT2D eigenvalue weighted by molar-refractivity contribution is 0.248. The average Bonchev–Trinajstić information content (AvgIpc) is 3.51. The average molecular weight is 380 g/mol. The second kappa shape index (κ2) is 8.16.